The highest BCUT2D eigenvalue weighted by molar-refractivity contribution is 5.70. The van der Waals surface area contributed by atoms with E-state index in [4.69, 9.17) is 9.47 Å². The molecular weight excluding hydrogens is 406 g/mol. The minimum absolute atomic E-state index is 0.0249. The molecule has 0 aliphatic carbocycles. The highest BCUT2D eigenvalue weighted by atomic mass is 16.5. The maximum absolute atomic E-state index is 10.6. The molecular formula is C25H31N3O4. The largest absolute Gasteiger partial charge is 0.507 e. The fourth-order valence-electron chi connectivity index (χ4n) is 3.41. The van der Waals surface area contributed by atoms with Gasteiger partial charge in [-0.15, -0.1) is 0 Å². The van der Waals surface area contributed by atoms with Gasteiger partial charge >= 0.3 is 0 Å². The molecule has 3 rings (SSSR count). The van der Waals surface area contributed by atoms with E-state index < -0.39 is 0 Å². The lowest BCUT2D eigenvalue weighted by molar-refractivity contribution is 0.303. The Balaban J connectivity index is 1.74. The van der Waals surface area contributed by atoms with Gasteiger partial charge in [-0.25, -0.2) is 15.0 Å². The van der Waals surface area contributed by atoms with Crippen molar-refractivity contribution in [2.75, 3.05) is 13.7 Å². The lowest BCUT2D eigenvalue weighted by atomic mass is 10.1. The van der Waals surface area contributed by atoms with Crippen molar-refractivity contribution < 1.29 is 19.7 Å². The summed E-state index contributed by atoms with van der Waals surface area (Å²) in [5.41, 5.74) is 0.889. The zero-order valence-corrected chi connectivity index (χ0v) is 19.0. The van der Waals surface area contributed by atoms with Gasteiger partial charge in [0.1, 0.15) is 28.8 Å². The Morgan fingerprint density at radius 2 is 1.44 bits per heavy atom. The number of benzene rings is 2. The second-order valence-corrected chi connectivity index (χ2v) is 7.71. The molecule has 1 aromatic heterocycles. The third-order valence-corrected chi connectivity index (χ3v) is 5.17. The van der Waals surface area contributed by atoms with Crippen LogP contribution in [0.15, 0.2) is 36.4 Å². The number of nitrogens with zero attached hydrogens (tertiary/aromatic N) is 3. The molecule has 1 heterocycles. The number of unbranched alkanes of at least 4 members (excludes halogenated alkanes) is 5. The van der Waals surface area contributed by atoms with E-state index >= 15 is 0 Å². The molecule has 7 heteroatoms. The van der Waals surface area contributed by atoms with Gasteiger partial charge in [0.2, 0.25) is 0 Å². The van der Waals surface area contributed by atoms with Crippen molar-refractivity contribution in [1.29, 1.82) is 0 Å². The summed E-state index contributed by atoms with van der Waals surface area (Å²) >= 11 is 0. The number of rotatable bonds is 11. The van der Waals surface area contributed by atoms with Crippen LogP contribution in [0.5, 0.6) is 23.0 Å². The van der Waals surface area contributed by atoms with Crippen LogP contribution in [0, 0.1) is 6.92 Å². The molecule has 0 radical (unpaired) electrons. The van der Waals surface area contributed by atoms with Gasteiger partial charge in [0.05, 0.1) is 24.8 Å². The number of phenols is 2. The molecule has 2 aromatic carbocycles. The highest BCUT2D eigenvalue weighted by Crippen LogP contribution is 2.34. The first-order valence-electron chi connectivity index (χ1n) is 11.1. The van der Waals surface area contributed by atoms with Crippen molar-refractivity contribution in [3.05, 3.63) is 42.2 Å². The number of aryl methyl sites for hydroxylation is 1. The summed E-state index contributed by atoms with van der Waals surface area (Å²) in [7, 11) is 1.55. The van der Waals surface area contributed by atoms with E-state index in [9.17, 15) is 10.2 Å². The Morgan fingerprint density at radius 1 is 0.750 bits per heavy atom. The smallest absolute Gasteiger partial charge is 0.167 e. The monoisotopic (exact) mass is 437 g/mol. The molecule has 0 saturated heterocycles. The highest BCUT2D eigenvalue weighted by Gasteiger charge is 2.15. The van der Waals surface area contributed by atoms with Crippen LogP contribution >= 0.6 is 0 Å². The van der Waals surface area contributed by atoms with Gasteiger partial charge in [0, 0.05) is 6.07 Å². The summed E-state index contributed by atoms with van der Waals surface area (Å²) in [4.78, 5) is 13.2. The number of hydrogen-bond donors (Lipinski definition) is 2. The first-order valence-corrected chi connectivity index (χ1v) is 11.1. The lowest BCUT2D eigenvalue weighted by Gasteiger charge is -2.11. The van der Waals surface area contributed by atoms with Crippen LogP contribution in [0.4, 0.5) is 0 Å². The Kier molecular flexibility index (Phi) is 8.25. The second kappa shape index (κ2) is 11.3. The molecule has 2 N–H and O–H groups in total. The summed E-state index contributed by atoms with van der Waals surface area (Å²) < 4.78 is 11.0. The Morgan fingerprint density at radius 3 is 2.16 bits per heavy atom. The zero-order chi connectivity index (χ0) is 22.9. The van der Waals surface area contributed by atoms with Crippen molar-refractivity contribution in [2.24, 2.45) is 0 Å². The first-order chi connectivity index (χ1) is 15.5. The molecule has 3 aromatic rings. The number of aromatic nitrogens is 3. The topological polar surface area (TPSA) is 97.6 Å². The Labute approximate surface area is 189 Å². The van der Waals surface area contributed by atoms with Gasteiger partial charge in [0.25, 0.3) is 0 Å². The standard InChI is InChI=1S/C25H31N3O4/c1-4-5-6-7-8-9-14-32-19-10-12-20(23(30)16-19)24-26-17(2)27-25(28-24)21-15-18(31-3)11-13-22(21)29/h10-13,15-16,29-30H,4-9,14H2,1-3H3. The molecule has 0 spiro atoms. The van der Waals surface area contributed by atoms with Gasteiger partial charge in [-0.1, -0.05) is 39.0 Å². The zero-order valence-electron chi connectivity index (χ0n) is 19.0. The van der Waals surface area contributed by atoms with Crippen molar-refractivity contribution in [2.45, 2.75) is 52.4 Å². The third-order valence-electron chi connectivity index (χ3n) is 5.17. The van der Waals surface area contributed by atoms with Crippen LogP contribution in [0.2, 0.25) is 0 Å². The van der Waals surface area contributed by atoms with E-state index in [0.29, 0.717) is 46.7 Å². The van der Waals surface area contributed by atoms with Gasteiger partial charge in [-0.3, -0.25) is 0 Å². The summed E-state index contributed by atoms with van der Waals surface area (Å²) in [5, 5.41) is 20.9. The maximum Gasteiger partial charge on any atom is 0.167 e. The van der Waals surface area contributed by atoms with Crippen molar-refractivity contribution in [3.63, 3.8) is 0 Å². The number of hydrogen-bond acceptors (Lipinski definition) is 7. The van der Waals surface area contributed by atoms with E-state index in [1.807, 2.05) is 0 Å². The Hall–Kier alpha value is -3.35. The molecule has 0 aliphatic rings. The van der Waals surface area contributed by atoms with E-state index in [-0.39, 0.29) is 11.5 Å². The lowest BCUT2D eigenvalue weighted by Crippen LogP contribution is -2.01. The maximum atomic E-state index is 10.6. The molecule has 0 fully saturated rings. The summed E-state index contributed by atoms with van der Waals surface area (Å²) in [6.45, 7) is 4.57. The normalized spacial score (nSPS) is 10.8. The van der Waals surface area contributed by atoms with Crippen LogP contribution in [-0.4, -0.2) is 38.9 Å². The van der Waals surface area contributed by atoms with Gasteiger partial charge in [-0.2, -0.15) is 0 Å². The first kappa shape index (κ1) is 23.3. The molecule has 0 aliphatic heterocycles. The minimum atomic E-state index is 0.0249. The van der Waals surface area contributed by atoms with E-state index in [1.54, 1.807) is 44.4 Å². The predicted octanol–water partition coefficient (Wildman–Crippen LogP) is 5.67. The molecule has 7 nitrogen and oxygen atoms in total. The van der Waals surface area contributed by atoms with Crippen molar-refractivity contribution >= 4 is 0 Å². The van der Waals surface area contributed by atoms with E-state index in [1.165, 1.54) is 31.7 Å². The molecule has 0 bridgehead atoms. The second-order valence-electron chi connectivity index (χ2n) is 7.71. The summed E-state index contributed by atoms with van der Waals surface area (Å²) in [6, 6.07) is 9.95. The summed E-state index contributed by atoms with van der Waals surface area (Å²) in [6.07, 6.45) is 7.16. The van der Waals surface area contributed by atoms with Crippen molar-refractivity contribution in [1.82, 2.24) is 15.0 Å². The van der Waals surface area contributed by atoms with Crippen LogP contribution in [0.25, 0.3) is 22.8 Å². The Bertz CT molecular complexity index is 1040. The number of methoxy groups -OCH3 is 1. The van der Waals surface area contributed by atoms with Gasteiger partial charge in [0.15, 0.2) is 11.6 Å². The fourth-order valence-corrected chi connectivity index (χ4v) is 3.41. The van der Waals surface area contributed by atoms with E-state index in [2.05, 4.69) is 21.9 Å². The fraction of sp³-hybridized carbons (Fsp3) is 0.400. The average Bonchev–Trinajstić information content (AvgIpc) is 2.78. The molecule has 0 unspecified atom stereocenters. The number of phenolic OH excluding ortho intramolecular Hbond substituents is 2. The van der Waals surface area contributed by atoms with Crippen LogP contribution in [0.3, 0.4) is 0 Å². The predicted molar refractivity (Wildman–Crippen MR) is 124 cm³/mol. The molecule has 32 heavy (non-hydrogen) atoms. The number of aromatic hydroxyl groups is 2. The van der Waals surface area contributed by atoms with Crippen molar-refractivity contribution in [3.8, 4) is 45.8 Å². The molecule has 0 saturated carbocycles. The van der Waals surface area contributed by atoms with Gasteiger partial charge in [-0.05, 0) is 43.7 Å². The van der Waals surface area contributed by atoms with Crippen LogP contribution in [-0.2, 0) is 0 Å². The quantitative estimate of drug-likeness (QED) is 0.373. The SMILES string of the molecule is CCCCCCCCOc1ccc(-c2nc(C)nc(-c3cc(OC)ccc3O)n2)c(O)c1. The number of ether oxygens (including phenoxy) is 2. The minimum Gasteiger partial charge on any atom is -0.507 e. The van der Waals surface area contributed by atoms with Crippen LogP contribution in [0.1, 0.15) is 51.3 Å². The van der Waals surface area contributed by atoms with E-state index in [0.717, 1.165) is 12.8 Å². The molecule has 0 atom stereocenters. The van der Waals surface area contributed by atoms with Gasteiger partial charge < -0.3 is 19.7 Å². The van der Waals surface area contributed by atoms with Crippen LogP contribution < -0.4 is 9.47 Å². The average molecular weight is 438 g/mol. The molecule has 0 amide bonds. The summed E-state index contributed by atoms with van der Waals surface area (Å²) in [5.74, 6) is 2.32. The third kappa shape index (κ3) is 6.09. The molecule has 170 valence electrons.